The molecule has 25 heavy (non-hydrogen) atoms. The molecule has 0 radical (unpaired) electrons. The number of rotatable bonds is 7. The van der Waals surface area contributed by atoms with E-state index >= 15 is 0 Å². The van der Waals surface area contributed by atoms with Crippen LogP contribution in [0.4, 0.5) is 0 Å². The Morgan fingerprint density at radius 3 is 2.40 bits per heavy atom. The van der Waals surface area contributed by atoms with Crippen LogP contribution in [0.25, 0.3) is 0 Å². The van der Waals surface area contributed by atoms with Crippen LogP contribution in [-0.4, -0.2) is 36.5 Å². The van der Waals surface area contributed by atoms with Crippen molar-refractivity contribution in [2.24, 2.45) is 0 Å². The maximum atomic E-state index is 12.2. The first-order valence-corrected chi connectivity index (χ1v) is 9.68. The Kier molecular flexibility index (Phi) is 7.70. The molecular formula is C22H34N2O. The first-order valence-electron chi connectivity index (χ1n) is 9.68. The van der Waals surface area contributed by atoms with Gasteiger partial charge in [-0.2, -0.15) is 0 Å². The highest BCUT2D eigenvalue weighted by atomic mass is 16.1. The summed E-state index contributed by atoms with van der Waals surface area (Å²) in [6, 6.07) is 9.02. The van der Waals surface area contributed by atoms with E-state index in [0.717, 1.165) is 38.9 Å². The van der Waals surface area contributed by atoms with E-state index in [4.69, 9.17) is 0 Å². The van der Waals surface area contributed by atoms with Gasteiger partial charge in [-0.25, -0.2) is 0 Å². The van der Waals surface area contributed by atoms with Gasteiger partial charge in [-0.05, 0) is 50.2 Å². The fourth-order valence-electron chi connectivity index (χ4n) is 3.20. The van der Waals surface area contributed by atoms with Crippen molar-refractivity contribution in [1.82, 2.24) is 10.2 Å². The molecule has 1 fully saturated rings. The number of aryl methyl sites for hydroxylation is 1. The molecular weight excluding hydrogens is 308 g/mol. The van der Waals surface area contributed by atoms with Crippen molar-refractivity contribution in [2.75, 3.05) is 19.6 Å². The van der Waals surface area contributed by atoms with Crippen molar-refractivity contribution in [3.8, 4) is 0 Å². The number of nitrogens with zero attached hydrogens (tertiary/aromatic N) is 1. The SMILES string of the molecule is CC(C)=CCN1CCC(NC(=O)CCc2ccc(C(C)C)cc2)CC1. The van der Waals surface area contributed by atoms with Crippen molar-refractivity contribution >= 4 is 5.91 Å². The molecule has 1 heterocycles. The molecule has 1 aliphatic rings. The van der Waals surface area contributed by atoms with E-state index in [9.17, 15) is 4.79 Å². The third-order valence-corrected chi connectivity index (χ3v) is 5.00. The summed E-state index contributed by atoms with van der Waals surface area (Å²) in [4.78, 5) is 14.7. The van der Waals surface area contributed by atoms with Crippen molar-refractivity contribution < 1.29 is 4.79 Å². The van der Waals surface area contributed by atoms with Crippen LogP contribution < -0.4 is 5.32 Å². The number of benzene rings is 1. The van der Waals surface area contributed by atoms with Crippen molar-refractivity contribution in [3.63, 3.8) is 0 Å². The number of amides is 1. The minimum Gasteiger partial charge on any atom is -0.353 e. The molecule has 0 bridgehead atoms. The number of hydrogen-bond acceptors (Lipinski definition) is 2. The van der Waals surface area contributed by atoms with Gasteiger partial charge in [0.15, 0.2) is 0 Å². The summed E-state index contributed by atoms with van der Waals surface area (Å²) in [6.07, 6.45) is 5.81. The van der Waals surface area contributed by atoms with Gasteiger partial charge >= 0.3 is 0 Å². The average molecular weight is 343 g/mol. The van der Waals surface area contributed by atoms with Crippen LogP contribution in [0.5, 0.6) is 0 Å². The number of likely N-dealkylation sites (tertiary alicyclic amines) is 1. The van der Waals surface area contributed by atoms with E-state index in [0.29, 0.717) is 18.4 Å². The Balaban J connectivity index is 1.68. The normalized spacial score (nSPS) is 16.0. The molecule has 138 valence electrons. The standard InChI is InChI=1S/C22H34N2O/c1-17(2)11-14-24-15-12-21(13-16-24)23-22(25)10-7-19-5-8-20(9-6-19)18(3)4/h5-6,8-9,11,18,21H,7,10,12-16H2,1-4H3,(H,23,25). The van der Waals surface area contributed by atoms with Gasteiger partial charge in [0.25, 0.3) is 0 Å². The lowest BCUT2D eigenvalue weighted by atomic mass is 10.00. The Labute approximate surface area is 153 Å². The summed E-state index contributed by atoms with van der Waals surface area (Å²) >= 11 is 0. The second-order valence-electron chi connectivity index (χ2n) is 7.82. The molecule has 1 amide bonds. The van der Waals surface area contributed by atoms with E-state index in [1.165, 1.54) is 16.7 Å². The van der Waals surface area contributed by atoms with E-state index < -0.39 is 0 Å². The molecule has 1 N–H and O–H groups in total. The third-order valence-electron chi connectivity index (χ3n) is 5.00. The van der Waals surface area contributed by atoms with E-state index in [1.807, 2.05) is 0 Å². The van der Waals surface area contributed by atoms with Gasteiger partial charge in [0.1, 0.15) is 0 Å². The number of hydrogen-bond donors (Lipinski definition) is 1. The molecule has 0 spiro atoms. The fraction of sp³-hybridized carbons (Fsp3) is 0.591. The maximum Gasteiger partial charge on any atom is 0.220 e. The summed E-state index contributed by atoms with van der Waals surface area (Å²) in [5, 5.41) is 3.22. The first-order chi connectivity index (χ1) is 11.9. The molecule has 0 aliphatic carbocycles. The second kappa shape index (κ2) is 9.76. The number of carbonyl (C=O) groups excluding carboxylic acids is 1. The highest BCUT2D eigenvalue weighted by molar-refractivity contribution is 5.76. The predicted molar refractivity (Wildman–Crippen MR) is 106 cm³/mol. The monoisotopic (exact) mass is 342 g/mol. The van der Waals surface area contributed by atoms with E-state index in [2.05, 4.69) is 68.3 Å². The van der Waals surface area contributed by atoms with Crippen LogP contribution in [0.3, 0.4) is 0 Å². The molecule has 3 heteroatoms. The van der Waals surface area contributed by atoms with Crippen molar-refractivity contribution in [1.29, 1.82) is 0 Å². The number of piperidine rings is 1. The van der Waals surface area contributed by atoms with Gasteiger partial charge in [0.05, 0.1) is 0 Å². The fourth-order valence-corrected chi connectivity index (χ4v) is 3.20. The van der Waals surface area contributed by atoms with E-state index in [1.54, 1.807) is 0 Å². The lowest BCUT2D eigenvalue weighted by molar-refractivity contribution is -0.122. The average Bonchev–Trinajstić information content (AvgIpc) is 2.59. The van der Waals surface area contributed by atoms with E-state index in [-0.39, 0.29) is 5.91 Å². The molecule has 2 rings (SSSR count). The van der Waals surface area contributed by atoms with Gasteiger partial charge in [0, 0.05) is 32.1 Å². The highest BCUT2D eigenvalue weighted by Crippen LogP contribution is 2.16. The van der Waals surface area contributed by atoms with Crippen LogP contribution in [0.1, 0.15) is 64.0 Å². The van der Waals surface area contributed by atoms with Crippen LogP contribution in [0.2, 0.25) is 0 Å². The molecule has 0 atom stereocenters. The predicted octanol–water partition coefficient (Wildman–Crippen LogP) is 4.29. The molecule has 0 saturated carbocycles. The van der Waals surface area contributed by atoms with Gasteiger partial charge < -0.3 is 5.32 Å². The lowest BCUT2D eigenvalue weighted by Gasteiger charge is -2.31. The molecule has 0 unspecified atom stereocenters. The summed E-state index contributed by atoms with van der Waals surface area (Å²) in [6.45, 7) is 11.9. The van der Waals surface area contributed by atoms with Crippen LogP contribution in [0.15, 0.2) is 35.9 Å². The van der Waals surface area contributed by atoms with Crippen molar-refractivity contribution in [3.05, 3.63) is 47.0 Å². The number of nitrogens with one attached hydrogen (secondary N) is 1. The Morgan fingerprint density at radius 2 is 1.84 bits per heavy atom. The van der Waals surface area contributed by atoms with Crippen molar-refractivity contribution in [2.45, 2.75) is 65.3 Å². The zero-order chi connectivity index (χ0) is 18.2. The largest absolute Gasteiger partial charge is 0.353 e. The quantitative estimate of drug-likeness (QED) is 0.750. The Hall–Kier alpha value is -1.61. The number of allylic oxidation sites excluding steroid dienone is 1. The Morgan fingerprint density at radius 1 is 1.20 bits per heavy atom. The summed E-state index contributed by atoms with van der Waals surface area (Å²) in [7, 11) is 0. The summed E-state index contributed by atoms with van der Waals surface area (Å²) < 4.78 is 0. The lowest BCUT2D eigenvalue weighted by Crippen LogP contribution is -2.44. The minimum atomic E-state index is 0.190. The number of carbonyl (C=O) groups is 1. The topological polar surface area (TPSA) is 32.3 Å². The molecule has 1 aromatic carbocycles. The molecule has 3 nitrogen and oxygen atoms in total. The highest BCUT2D eigenvalue weighted by Gasteiger charge is 2.19. The van der Waals surface area contributed by atoms with Crippen LogP contribution in [-0.2, 0) is 11.2 Å². The Bertz CT molecular complexity index is 562. The zero-order valence-corrected chi connectivity index (χ0v) is 16.3. The molecule has 1 saturated heterocycles. The van der Waals surface area contributed by atoms with Gasteiger partial charge in [-0.1, -0.05) is 49.8 Å². The smallest absolute Gasteiger partial charge is 0.220 e. The molecule has 1 aromatic rings. The minimum absolute atomic E-state index is 0.190. The summed E-state index contributed by atoms with van der Waals surface area (Å²) in [5.74, 6) is 0.746. The molecule has 1 aliphatic heterocycles. The molecule has 0 aromatic heterocycles. The second-order valence-corrected chi connectivity index (χ2v) is 7.82. The first kappa shape index (κ1) is 19.7. The van der Waals surface area contributed by atoms with Gasteiger partial charge in [-0.3, -0.25) is 9.69 Å². The van der Waals surface area contributed by atoms with Crippen LogP contribution >= 0.6 is 0 Å². The summed E-state index contributed by atoms with van der Waals surface area (Å²) in [5.41, 5.74) is 3.97. The van der Waals surface area contributed by atoms with Gasteiger partial charge in [-0.15, -0.1) is 0 Å². The third kappa shape index (κ3) is 7.03. The van der Waals surface area contributed by atoms with Gasteiger partial charge in [0.2, 0.25) is 5.91 Å². The maximum absolute atomic E-state index is 12.2. The van der Waals surface area contributed by atoms with Crippen LogP contribution in [0, 0.1) is 0 Å². The zero-order valence-electron chi connectivity index (χ0n) is 16.3.